The Kier molecular flexibility index (Phi) is 39.5. The van der Waals surface area contributed by atoms with E-state index < -0.39 is 169 Å². The number of esters is 3. The smallest absolute Gasteiger partial charge is 0.326 e. The van der Waals surface area contributed by atoms with Gasteiger partial charge >= 0.3 is 17.9 Å². The molecule has 6 bridgehead atoms. The van der Waals surface area contributed by atoms with E-state index in [4.69, 9.17) is 14.2 Å². The van der Waals surface area contributed by atoms with E-state index in [9.17, 15) is 76.3 Å². The molecule has 6 heterocycles. The molecule has 3 fully saturated rings. The summed E-state index contributed by atoms with van der Waals surface area (Å²) in [6.45, 7) is 9.76. The molecule has 9 N–H and O–H groups in total. The number of hydrogen-bond acceptors (Lipinski definition) is 24. The fourth-order valence-electron chi connectivity index (χ4n) is 14.1. The highest BCUT2D eigenvalue weighted by molar-refractivity contribution is 8.77. The fraction of sp³-hybridized carbons (Fsp3) is 0.472. The Hall–Kier alpha value is -9.48. The van der Waals surface area contributed by atoms with Crippen LogP contribution < -0.4 is 47.9 Å². The molecule has 34 heteroatoms. The van der Waals surface area contributed by atoms with Crippen LogP contribution in [0.25, 0.3) is 21.5 Å². The second-order valence-corrected chi connectivity index (χ2v) is 39.4. The maximum Gasteiger partial charge on any atom is 0.326 e. The summed E-state index contributed by atoms with van der Waals surface area (Å²) in [5.41, 5.74) is 2.27. The zero-order chi connectivity index (χ0) is 88.5. The molecule has 3 saturated heterocycles. The predicted molar refractivity (Wildman–Crippen MR) is 479 cm³/mol. The van der Waals surface area contributed by atoms with E-state index in [1.807, 2.05) is 145 Å². The zero-order valence-electron chi connectivity index (χ0n) is 69.5. The molecule has 9 amide bonds. The molecule has 123 heavy (non-hydrogen) atoms. The average molecular weight is 1800 g/mol. The normalized spacial score (nSPS) is 26.4. The Morgan fingerprint density at radius 2 is 0.699 bits per heavy atom. The molecule has 5 aromatic carbocycles. The van der Waals surface area contributed by atoms with E-state index in [1.54, 1.807) is 39.8 Å². The van der Waals surface area contributed by atoms with Crippen LogP contribution >= 0.6 is 64.8 Å². The third-order valence-electron chi connectivity index (χ3n) is 20.9. The molecule has 660 valence electrons. The lowest BCUT2D eigenvalue weighted by atomic mass is 9.88. The third kappa shape index (κ3) is 32.2. The minimum atomic E-state index is -1.10. The summed E-state index contributed by atoms with van der Waals surface area (Å²) in [5, 5.41) is 28.6. The second kappa shape index (κ2) is 49.9. The van der Waals surface area contributed by atoms with Crippen molar-refractivity contribution in [3.8, 4) is 0 Å². The number of amides is 9. The number of hydrogen-bond donors (Lipinski definition) is 9. The molecule has 0 radical (unpaired) electrons. The Labute approximate surface area is 739 Å². The first-order chi connectivity index (χ1) is 59.0. The highest BCUT2D eigenvalue weighted by Gasteiger charge is 2.38. The predicted octanol–water partition coefficient (Wildman–Crippen LogP) is 9.05. The monoisotopic (exact) mass is 1800 g/mol. The van der Waals surface area contributed by atoms with Crippen LogP contribution in [-0.2, 0) is 105 Å². The number of fused-ring (bicyclic) bond motifs is 23. The maximum atomic E-state index is 13.7. The summed E-state index contributed by atoms with van der Waals surface area (Å²) in [7, 11) is 8.94. The lowest BCUT2D eigenvalue weighted by molar-refractivity contribution is -0.149. The number of ketones is 3. The summed E-state index contributed by atoms with van der Waals surface area (Å²) in [6.07, 6.45) is 10.1. The number of ether oxygens (including phenoxy) is 3. The van der Waals surface area contributed by atoms with Gasteiger partial charge in [-0.05, 0) is 106 Å². The summed E-state index contributed by atoms with van der Waals surface area (Å²) in [4.78, 5) is 198. The molecule has 0 spiro atoms. The molecule has 27 nitrogen and oxygen atoms in total. The zero-order valence-corrected chi connectivity index (χ0v) is 74.4. The standard InChI is InChI=1S/2C31H37N3O6S2.C27H34FN3O6S2/c1-19(2)25-16-22(35)15-23-11-5-6-13-41-42-18-27(34-29(25)37)31(39)33-26(30(38)32-17-28(36)40-23)14-21-10-7-9-20-8-3-4-12-24(20)21;1-19(2)25-16-23(35)15-24-9-5-6-12-41-42-18-27(34-29(25)37)31(39)33-26(30(38)32-17-28(36)40-24)14-20-10-11-21-7-3-4-8-22(21)13-20;1-16(2)21-13-19(32)12-20-5-3-4-10-38-39-15-23(31-25(21)34)27(36)30-22(26(35)29-14-24(33)37-20)11-17-6-8-18(28)9-7-17/h3-5,7-12,19,23,25-27H,6,13-18H2,1-2H3,(H,32,38)(H,33,39)(H,34,37);3-5,7-11,13,19,24-27H,6,12,14-18H2,1-2H3,(H,32,38)(H,33,39)(H,34,37);3,5-9,16,20-23H,4,10-15H2,1-2H3,(H,29,35)(H,30,36)(H,31,34)/b11-5+;9-5+;5-3+/t23-,25-,26+,27-;24-,25-,26-,27-;20-,21-,22-,23-/m111/s1. The minimum absolute atomic E-state index is 0.0317. The molecule has 0 aromatic heterocycles. The van der Waals surface area contributed by atoms with Gasteiger partial charge in [-0.2, -0.15) is 0 Å². The first kappa shape index (κ1) is 97.3. The van der Waals surface area contributed by atoms with Gasteiger partial charge in [-0.15, -0.1) is 0 Å². The maximum absolute atomic E-state index is 13.7. The fourth-order valence-corrected chi connectivity index (χ4v) is 20.5. The average Bonchev–Trinajstić information content (AvgIpc) is 1.14. The molecule has 6 aliphatic rings. The van der Waals surface area contributed by atoms with Gasteiger partial charge in [0.25, 0.3) is 0 Å². The van der Waals surface area contributed by atoms with Gasteiger partial charge in [0.2, 0.25) is 53.2 Å². The van der Waals surface area contributed by atoms with Gasteiger partial charge in [0, 0.05) is 110 Å². The van der Waals surface area contributed by atoms with Crippen molar-refractivity contribution >= 4 is 175 Å². The van der Waals surface area contributed by atoms with Crippen LogP contribution in [0.3, 0.4) is 0 Å². The lowest BCUT2D eigenvalue weighted by Crippen LogP contribution is -2.56. The third-order valence-corrected chi connectivity index (χ3v) is 28.3. The second-order valence-electron chi connectivity index (χ2n) is 31.5. The van der Waals surface area contributed by atoms with Gasteiger partial charge in [-0.1, -0.05) is 222 Å². The number of nitrogens with one attached hydrogen (secondary N) is 9. The van der Waals surface area contributed by atoms with E-state index in [1.165, 1.54) is 67.4 Å². The SMILES string of the molecule is CC(C)[C@H]1CC(=O)C[C@H]2/C=C/CCSSC[C@@H](NC1=O)C(=O)N[C@@H](Cc1cccc3ccccc13)C(=O)NCC(=O)O2.CC(C)[C@H]1CC(=O)C[C@H]2/C=C/CCSSC[C@@H](NC1=O)C(=O)N[C@H](Cc1ccc(F)cc1)C(=O)NCC(=O)O2.CC(C)[C@H]1CC(=O)C[C@H]2/C=C/CCSSC[C@@H](NC1=O)C(=O)N[C@H](Cc1ccc3ccccc3c1)C(=O)NCC(=O)O2. The van der Waals surface area contributed by atoms with Crippen molar-refractivity contribution in [2.45, 2.75) is 173 Å². The van der Waals surface area contributed by atoms with Crippen LogP contribution in [0, 0.1) is 41.3 Å². The molecule has 11 rings (SSSR count). The van der Waals surface area contributed by atoms with E-state index in [0.717, 1.165) is 44.2 Å². The van der Waals surface area contributed by atoms with E-state index >= 15 is 0 Å². The summed E-state index contributed by atoms with van der Waals surface area (Å²) in [6, 6.07) is 26.7. The highest BCUT2D eigenvalue weighted by Crippen LogP contribution is 2.31. The summed E-state index contributed by atoms with van der Waals surface area (Å²) in [5.74, 6) is -7.49. The number of carbonyl (C=O) groups excluding carboxylic acids is 15. The molecular weight excluding hydrogens is 1690 g/mol. The van der Waals surface area contributed by atoms with Crippen LogP contribution in [0.5, 0.6) is 0 Å². The number of rotatable bonds is 9. The molecule has 6 aliphatic heterocycles. The highest BCUT2D eigenvalue weighted by atomic mass is 33.1. The molecule has 0 aliphatic carbocycles. The van der Waals surface area contributed by atoms with Crippen LogP contribution in [0.2, 0.25) is 0 Å². The molecular formula is C89H108FN9O18S6. The quantitative estimate of drug-likeness (QED) is 0.0287. The van der Waals surface area contributed by atoms with Crippen molar-refractivity contribution in [1.29, 1.82) is 0 Å². The van der Waals surface area contributed by atoms with Crippen molar-refractivity contribution in [2.75, 3.05) is 54.2 Å². The van der Waals surface area contributed by atoms with Crippen LogP contribution in [-0.4, -0.2) is 197 Å². The first-order valence-corrected chi connectivity index (χ1v) is 48.7. The topological polar surface area (TPSA) is 392 Å². The van der Waals surface area contributed by atoms with Crippen LogP contribution in [0.15, 0.2) is 146 Å². The minimum Gasteiger partial charge on any atom is -0.456 e. The summed E-state index contributed by atoms with van der Waals surface area (Å²) >= 11 is 0. The first-order valence-electron chi connectivity index (χ1n) is 41.2. The number of carbonyl (C=O) groups is 15. The molecule has 12 atom stereocenters. The van der Waals surface area contributed by atoms with Crippen molar-refractivity contribution < 1.29 is 90.5 Å². The Bertz CT molecular complexity index is 4680. The van der Waals surface area contributed by atoms with Crippen molar-refractivity contribution in [3.05, 3.63) is 168 Å². The summed E-state index contributed by atoms with van der Waals surface area (Å²) < 4.78 is 30.1. The molecule has 0 unspecified atom stereocenters. The van der Waals surface area contributed by atoms with E-state index in [0.29, 0.717) is 30.6 Å². The van der Waals surface area contributed by atoms with Crippen molar-refractivity contribution in [1.82, 2.24) is 47.9 Å². The van der Waals surface area contributed by atoms with E-state index in [2.05, 4.69) is 47.9 Å². The van der Waals surface area contributed by atoms with Gasteiger partial charge in [0.15, 0.2) is 0 Å². The van der Waals surface area contributed by atoms with Gasteiger partial charge in [0.05, 0.1) is 0 Å². The number of allylic oxidation sites excluding steroid dienone is 3. The van der Waals surface area contributed by atoms with Crippen molar-refractivity contribution in [2.24, 2.45) is 35.5 Å². The largest absolute Gasteiger partial charge is 0.456 e. The molecule has 0 saturated carbocycles. The van der Waals surface area contributed by atoms with Gasteiger partial charge in [0.1, 0.15) is 97.4 Å². The van der Waals surface area contributed by atoms with Crippen LogP contribution in [0.4, 0.5) is 4.39 Å². The number of Topliss-reactive ketones (excluding diaryl/α,β-unsaturated/α-hetero) is 3. The Morgan fingerprint density at radius 1 is 0.350 bits per heavy atom. The number of halogens is 1. The van der Waals surface area contributed by atoms with Gasteiger partial charge in [-0.3, -0.25) is 71.9 Å². The van der Waals surface area contributed by atoms with Crippen LogP contribution in [0.1, 0.15) is 116 Å². The van der Waals surface area contributed by atoms with E-state index in [-0.39, 0.29) is 110 Å². The Morgan fingerprint density at radius 3 is 1.10 bits per heavy atom. The number of benzene rings is 5. The van der Waals surface area contributed by atoms with Gasteiger partial charge < -0.3 is 62.1 Å². The lowest BCUT2D eigenvalue weighted by Gasteiger charge is -2.26. The Balaban J connectivity index is 0.000000209. The van der Waals surface area contributed by atoms with Gasteiger partial charge in [-0.25, -0.2) is 4.39 Å². The van der Waals surface area contributed by atoms with Crippen molar-refractivity contribution in [3.63, 3.8) is 0 Å². The molecule has 5 aromatic rings.